The van der Waals surface area contributed by atoms with E-state index in [0.29, 0.717) is 6.42 Å². The summed E-state index contributed by atoms with van der Waals surface area (Å²) < 4.78 is 11.1. The van der Waals surface area contributed by atoms with Gasteiger partial charge in [-0.1, -0.05) is 160 Å². The lowest BCUT2D eigenvalue weighted by molar-refractivity contribution is -0.302. The fourth-order valence-corrected chi connectivity index (χ4v) is 6.09. The summed E-state index contributed by atoms with van der Waals surface area (Å²) in [6.07, 6.45) is 26.6. The van der Waals surface area contributed by atoms with Gasteiger partial charge in [-0.15, -0.1) is 0 Å². The zero-order chi connectivity index (χ0) is 35.2. The molecule has 7 atom stereocenters. The van der Waals surface area contributed by atoms with Crippen molar-refractivity contribution in [3.63, 3.8) is 0 Å². The summed E-state index contributed by atoms with van der Waals surface area (Å²) >= 11 is 0. The van der Waals surface area contributed by atoms with Crippen molar-refractivity contribution >= 4 is 5.91 Å². The standard InChI is InChI=1S/C39H73NO8/c1-3-5-7-9-11-13-15-16-17-19-21-23-25-27-29-35(43)40-32(31-47-39-38(46)37(45)36(44)34(30-41)48-39)33(42)28-26-24-22-20-18-14-12-10-8-6-4-2/h22,24,26,28,32-34,36-39,41-42,44-46H,3-21,23,25,27,29-31H2,1-2H3,(H,40,43)/b24-22+,28-26+/t32-,33+,34-,36-,37?,38?,39-/m0/s1. The van der Waals surface area contributed by atoms with Crippen LogP contribution < -0.4 is 5.32 Å². The SMILES string of the molecule is CCCCCCCCC/C=C/C=C/[C@@H](O)[C@H](CO[C@H]1O[C@@H](CO)[C@H](O)C(O)C1O)NC(=O)CCCCCCCCCCCCCCCC. The van der Waals surface area contributed by atoms with Gasteiger partial charge in [-0.25, -0.2) is 0 Å². The van der Waals surface area contributed by atoms with Gasteiger partial charge in [0.1, 0.15) is 24.4 Å². The quantitative estimate of drug-likeness (QED) is 0.0346. The van der Waals surface area contributed by atoms with E-state index >= 15 is 0 Å². The average molecular weight is 684 g/mol. The average Bonchev–Trinajstić information content (AvgIpc) is 3.08. The Morgan fingerprint density at radius 1 is 0.708 bits per heavy atom. The maximum atomic E-state index is 12.8. The molecule has 0 spiro atoms. The Hall–Kier alpha value is -1.33. The van der Waals surface area contributed by atoms with Crippen LogP contribution in [-0.2, 0) is 14.3 Å². The van der Waals surface area contributed by atoms with Crippen molar-refractivity contribution in [2.24, 2.45) is 0 Å². The summed E-state index contributed by atoms with van der Waals surface area (Å²) in [5.74, 6) is -0.196. The molecule has 1 heterocycles. The first-order valence-corrected chi connectivity index (χ1v) is 19.6. The molecular weight excluding hydrogens is 610 g/mol. The molecule has 0 saturated carbocycles. The van der Waals surface area contributed by atoms with E-state index in [1.165, 1.54) is 109 Å². The summed E-state index contributed by atoms with van der Waals surface area (Å²) in [7, 11) is 0. The highest BCUT2D eigenvalue weighted by Gasteiger charge is 2.44. The minimum Gasteiger partial charge on any atom is -0.394 e. The number of hydrogen-bond acceptors (Lipinski definition) is 8. The van der Waals surface area contributed by atoms with E-state index in [-0.39, 0.29) is 12.5 Å². The molecule has 1 aliphatic rings. The second-order valence-corrected chi connectivity index (χ2v) is 13.8. The summed E-state index contributed by atoms with van der Waals surface area (Å²) in [5, 5.41) is 53.8. The van der Waals surface area contributed by atoms with Crippen LogP contribution in [0.15, 0.2) is 24.3 Å². The Morgan fingerprint density at radius 3 is 1.73 bits per heavy atom. The molecule has 0 aliphatic carbocycles. The second-order valence-electron chi connectivity index (χ2n) is 13.8. The van der Waals surface area contributed by atoms with Gasteiger partial charge in [0.25, 0.3) is 0 Å². The zero-order valence-corrected chi connectivity index (χ0v) is 30.5. The van der Waals surface area contributed by atoms with Crippen molar-refractivity contribution in [3.05, 3.63) is 24.3 Å². The Labute approximate surface area is 292 Å². The lowest BCUT2D eigenvalue weighted by atomic mass is 9.99. The van der Waals surface area contributed by atoms with Gasteiger partial charge in [-0.05, 0) is 19.3 Å². The summed E-state index contributed by atoms with van der Waals surface area (Å²) in [4.78, 5) is 12.8. The molecule has 9 heteroatoms. The van der Waals surface area contributed by atoms with Crippen LogP contribution in [0.25, 0.3) is 0 Å². The largest absolute Gasteiger partial charge is 0.394 e. The lowest BCUT2D eigenvalue weighted by Gasteiger charge is -2.40. The van der Waals surface area contributed by atoms with Crippen molar-refractivity contribution < 1.29 is 39.8 Å². The van der Waals surface area contributed by atoms with Crippen LogP contribution >= 0.6 is 0 Å². The smallest absolute Gasteiger partial charge is 0.220 e. The first-order valence-electron chi connectivity index (χ1n) is 19.6. The Kier molecular flexibility index (Phi) is 28.4. The van der Waals surface area contributed by atoms with Crippen LogP contribution in [0.4, 0.5) is 0 Å². The predicted molar refractivity (Wildman–Crippen MR) is 193 cm³/mol. The molecule has 0 bridgehead atoms. The van der Waals surface area contributed by atoms with Crippen molar-refractivity contribution in [1.29, 1.82) is 0 Å². The summed E-state index contributed by atoms with van der Waals surface area (Å²) in [6.45, 7) is 3.70. The fraction of sp³-hybridized carbons (Fsp3) is 0.872. The molecule has 0 aromatic carbocycles. The lowest BCUT2D eigenvalue weighted by Crippen LogP contribution is -2.60. The maximum Gasteiger partial charge on any atom is 0.220 e. The van der Waals surface area contributed by atoms with Crippen molar-refractivity contribution in [3.8, 4) is 0 Å². The normalized spacial score (nSPS) is 22.9. The number of carbonyl (C=O) groups is 1. The fourth-order valence-electron chi connectivity index (χ4n) is 6.09. The molecule has 1 fully saturated rings. The van der Waals surface area contributed by atoms with E-state index in [2.05, 4.69) is 25.2 Å². The number of unbranched alkanes of at least 4 members (excludes halogenated alkanes) is 20. The number of nitrogens with one attached hydrogen (secondary N) is 1. The van der Waals surface area contributed by atoms with Gasteiger partial charge in [0.15, 0.2) is 6.29 Å². The number of rotatable bonds is 31. The molecule has 0 radical (unpaired) electrons. The van der Waals surface area contributed by atoms with Gasteiger partial charge in [0, 0.05) is 6.42 Å². The molecule has 1 saturated heterocycles. The highest BCUT2D eigenvalue weighted by atomic mass is 16.7. The van der Waals surface area contributed by atoms with Crippen molar-refractivity contribution in [2.75, 3.05) is 13.2 Å². The Bertz CT molecular complexity index is 807. The van der Waals surface area contributed by atoms with E-state index in [4.69, 9.17) is 9.47 Å². The number of hydrogen-bond donors (Lipinski definition) is 6. The first-order chi connectivity index (χ1) is 23.3. The molecule has 2 unspecified atom stereocenters. The number of aliphatic hydroxyl groups is 5. The predicted octanol–water partition coefficient (Wildman–Crippen LogP) is 6.77. The topological polar surface area (TPSA) is 149 Å². The molecule has 282 valence electrons. The van der Waals surface area contributed by atoms with Crippen LogP contribution in [0.5, 0.6) is 0 Å². The minimum absolute atomic E-state index is 0.196. The maximum absolute atomic E-state index is 12.8. The van der Waals surface area contributed by atoms with Gasteiger partial charge in [0.2, 0.25) is 5.91 Å². The molecular formula is C39H73NO8. The Morgan fingerprint density at radius 2 is 1.21 bits per heavy atom. The van der Waals surface area contributed by atoms with Crippen LogP contribution in [0.3, 0.4) is 0 Å². The molecule has 1 aliphatic heterocycles. The minimum atomic E-state index is -1.57. The van der Waals surface area contributed by atoms with E-state index < -0.39 is 49.5 Å². The van der Waals surface area contributed by atoms with Gasteiger partial charge >= 0.3 is 0 Å². The van der Waals surface area contributed by atoms with Crippen LogP contribution in [-0.4, -0.2) is 87.5 Å². The molecule has 48 heavy (non-hydrogen) atoms. The third kappa shape index (κ3) is 21.7. The van der Waals surface area contributed by atoms with E-state index in [0.717, 1.165) is 32.1 Å². The van der Waals surface area contributed by atoms with Crippen LogP contribution in [0.2, 0.25) is 0 Å². The third-order valence-electron chi connectivity index (χ3n) is 9.33. The molecule has 1 rings (SSSR count). The number of amides is 1. The highest BCUT2D eigenvalue weighted by Crippen LogP contribution is 2.22. The van der Waals surface area contributed by atoms with Gasteiger partial charge in [0.05, 0.1) is 25.4 Å². The van der Waals surface area contributed by atoms with E-state index in [1.54, 1.807) is 12.2 Å². The van der Waals surface area contributed by atoms with E-state index in [1.807, 2.05) is 6.08 Å². The van der Waals surface area contributed by atoms with E-state index in [9.17, 15) is 30.3 Å². The van der Waals surface area contributed by atoms with Crippen LogP contribution in [0.1, 0.15) is 162 Å². The van der Waals surface area contributed by atoms with Crippen molar-refractivity contribution in [2.45, 2.75) is 204 Å². The molecule has 1 amide bonds. The second kappa shape index (κ2) is 30.5. The number of carbonyl (C=O) groups excluding carboxylic acids is 1. The third-order valence-corrected chi connectivity index (χ3v) is 9.33. The summed E-state index contributed by atoms with van der Waals surface area (Å²) in [6, 6.07) is -0.829. The molecule has 0 aromatic heterocycles. The van der Waals surface area contributed by atoms with Gasteiger partial charge in [-0.3, -0.25) is 4.79 Å². The highest BCUT2D eigenvalue weighted by molar-refractivity contribution is 5.76. The van der Waals surface area contributed by atoms with Crippen LogP contribution in [0, 0.1) is 0 Å². The van der Waals surface area contributed by atoms with Crippen molar-refractivity contribution in [1.82, 2.24) is 5.32 Å². The first kappa shape index (κ1) is 44.7. The number of allylic oxidation sites excluding steroid dienone is 3. The zero-order valence-electron chi connectivity index (χ0n) is 30.5. The molecule has 9 nitrogen and oxygen atoms in total. The Balaban J connectivity index is 2.46. The van der Waals surface area contributed by atoms with Gasteiger partial charge < -0.3 is 40.3 Å². The van der Waals surface area contributed by atoms with Gasteiger partial charge in [-0.2, -0.15) is 0 Å². The number of ether oxygens (including phenoxy) is 2. The summed E-state index contributed by atoms with van der Waals surface area (Å²) in [5.41, 5.74) is 0. The monoisotopic (exact) mass is 684 g/mol. The molecule has 0 aromatic rings. The number of aliphatic hydroxyl groups excluding tert-OH is 5. The molecule has 6 N–H and O–H groups in total.